The SMILES string of the molecule is COc1ccc(C(c2ccccc2)(c2ccc(OC)cc2)C(O)[C@@H]2C[C@@H](OP(OCCC#N)N(C(C)C)C(C)C)[C@H](n3cnc4c(NC(=O)c5ccccc5)ncnc43)O2)cc1. The smallest absolute Gasteiger partial charge is 0.259 e. The van der Waals surface area contributed by atoms with Crippen LogP contribution in [0.1, 0.15) is 73.8 Å². The van der Waals surface area contributed by atoms with E-state index in [1.165, 1.54) is 6.33 Å². The van der Waals surface area contributed by atoms with E-state index in [-0.39, 0.29) is 43.3 Å². The first-order valence-electron chi connectivity index (χ1n) is 20.6. The molecule has 4 aromatic carbocycles. The van der Waals surface area contributed by atoms with Crippen LogP contribution in [0.2, 0.25) is 0 Å². The zero-order valence-corrected chi connectivity index (χ0v) is 36.6. The van der Waals surface area contributed by atoms with Crippen LogP contribution in [0.25, 0.3) is 11.2 Å². The molecule has 0 spiro atoms. The molecule has 1 fully saturated rings. The van der Waals surface area contributed by atoms with E-state index in [4.69, 9.17) is 28.2 Å². The van der Waals surface area contributed by atoms with Crippen LogP contribution in [0.15, 0.2) is 122 Å². The fourth-order valence-corrected chi connectivity index (χ4v) is 9.95. The Morgan fingerprint density at radius 2 is 1.47 bits per heavy atom. The first-order valence-corrected chi connectivity index (χ1v) is 21.7. The summed E-state index contributed by atoms with van der Waals surface area (Å²) in [6, 6.07) is 36.4. The standard InChI is InChI=1S/C47H52N7O7P/c1-31(2)54(32(3)4)62(59-27-13-26-48)61-40-28-39(60-46(40)53-30-51-41-43(49-29-50-44(41)53)52-45(56)33-14-9-7-10-15-33)42(55)47(34-16-11-8-12-17-34,35-18-22-37(57-5)23-19-35)36-20-24-38(58-6)25-21-36/h7-12,14-25,29-32,39-40,42,46,55H,13,27-28H2,1-6H3,(H,49,50,52,56)/t39-,40+,42?,46+,62?/m0/s1. The Morgan fingerprint density at radius 1 is 0.887 bits per heavy atom. The second kappa shape index (κ2) is 19.9. The van der Waals surface area contributed by atoms with Crippen molar-refractivity contribution in [3.8, 4) is 17.6 Å². The van der Waals surface area contributed by atoms with Gasteiger partial charge in [0, 0.05) is 24.1 Å². The minimum atomic E-state index is -1.76. The van der Waals surface area contributed by atoms with Gasteiger partial charge < -0.3 is 33.7 Å². The molecule has 1 amide bonds. The van der Waals surface area contributed by atoms with Gasteiger partial charge in [-0.15, -0.1) is 0 Å². The number of benzene rings is 4. The van der Waals surface area contributed by atoms with E-state index in [0.29, 0.717) is 28.2 Å². The lowest BCUT2D eigenvalue weighted by atomic mass is 9.64. The number of aromatic nitrogens is 4. The Kier molecular flexibility index (Phi) is 14.2. The Balaban J connectivity index is 1.36. The van der Waals surface area contributed by atoms with Gasteiger partial charge in [-0.05, 0) is 80.8 Å². The van der Waals surface area contributed by atoms with Crippen LogP contribution in [-0.2, 0) is 19.2 Å². The topological polar surface area (TPSA) is 166 Å². The van der Waals surface area contributed by atoms with Crippen molar-refractivity contribution in [1.82, 2.24) is 24.2 Å². The van der Waals surface area contributed by atoms with Crippen molar-refractivity contribution in [3.63, 3.8) is 0 Å². The second-order valence-corrected chi connectivity index (χ2v) is 16.8. The number of imidazole rings is 1. The number of anilines is 1. The number of nitrogens with zero attached hydrogens (tertiary/aromatic N) is 6. The van der Waals surface area contributed by atoms with Gasteiger partial charge in [0.2, 0.25) is 0 Å². The van der Waals surface area contributed by atoms with Crippen molar-refractivity contribution >= 4 is 31.4 Å². The lowest BCUT2D eigenvalue weighted by Crippen LogP contribution is -2.48. The van der Waals surface area contributed by atoms with Crippen LogP contribution >= 0.6 is 8.53 Å². The van der Waals surface area contributed by atoms with Gasteiger partial charge in [-0.2, -0.15) is 5.26 Å². The number of fused-ring (bicyclic) bond motifs is 1. The number of ether oxygens (including phenoxy) is 3. The molecule has 0 radical (unpaired) electrons. The summed E-state index contributed by atoms with van der Waals surface area (Å²) in [7, 11) is 1.48. The zero-order chi connectivity index (χ0) is 43.8. The molecule has 14 nitrogen and oxygen atoms in total. The van der Waals surface area contributed by atoms with Crippen molar-refractivity contribution in [2.75, 3.05) is 26.1 Å². The summed E-state index contributed by atoms with van der Waals surface area (Å²) in [6.07, 6.45) is -0.328. The van der Waals surface area contributed by atoms with E-state index in [9.17, 15) is 15.2 Å². The first kappa shape index (κ1) is 44.3. The molecule has 2 N–H and O–H groups in total. The highest BCUT2D eigenvalue weighted by molar-refractivity contribution is 7.44. The summed E-state index contributed by atoms with van der Waals surface area (Å²) in [5.41, 5.74) is 2.45. The van der Waals surface area contributed by atoms with E-state index < -0.39 is 38.5 Å². The van der Waals surface area contributed by atoms with Gasteiger partial charge in [-0.25, -0.2) is 19.6 Å². The van der Waals surface area contributed by atoms with Crippen molar-refractivity contribution < 1.29 is 33.2 Å². The molecule has 5 atom stereocenters. The highest BCUT2D eigenvalue weighted by Crippen LogP contribution is 2.53. The predicted octanol–water partition coefficient (Wildman–Crippen LogP) is 8.44. The summed E-state index contributed by atoms with van der Waals surface area (Å²) in [5.74, 6) is 1.22. The average molecular weight is 858 g/mol. The van der Waals surface area contributed by atoms with Crippen molar-refractivity contribution in [3.05, 3.63) is 144 Å². The number of hydrogen-bond acceptors (Lipinski definition) is 12. The van der Waals surface area contributed by atoms with Crippen molar-refractivity contribution in [1.29, 1.82) is 5.26 Å². The molecule has 0 bridgehead atoms. The summed E-state index contributed by atoms with van der Waals surface area (Å²) in [6.45, 7) is 8.46. The van der Waals surface area contributed by atoms with Gasteiger partial charge in [0.1, 0.15) is 23.9 Å². The Hall–Kier alpha value is -5.78. The number of nitriles is 1. The number of carbonyl (C=O) groups excluding carboxylic acids is 1. The summed E-state index contributed by atoms with van der Waals surface area (Å²) >= 11 is 0. The Labute approximate surface area is 363 Å². The highest BCUT2D eigenvalue weighted by atomic mass is 31.2. The molecule has 62 heavy (non-hydrogen) atoms. The maximum absolute atomic E-state index is 13.4. The number of rotatable bonds is 18. The van der Waals surface area contributed by atoms with Gasteiger partial charge in [0.25, 0.3) is 14.4 Å². The van der Waals surface area contributed by atoms with E-state index >= 15 is 0 Å². The van der Waals surface area contributed by atoms with Gasteiger partial charge in [-0.1, -0.05) is 72.8 Å². The molecule has 322 valence electrons. The molecule has 6 aromatic rings. The minimum absolute atomic E-state index is 0.0267. The quantitative estimate of drug-likeness (QED) is 0.0482. The number of amides is 1. The Morgan fingerprint density at radius 3 is 2.03 bits per heavy atom. The fourth-order valence-electron chi connectivity index (χ4n) is 8.22. The lowest BCUT2D eigenvalue weighted by molar-refractivity contribution is -0.0842. The van der Waals surface area contributed by atoms with Crippen LogP contribution < -0.4 is 14.8 Å². The predicted molar refractivity (Wildman–Crippen MR) is 237 cm³/mol. The third-order valence-corrected chi connectivity index (χ3v) is 13.2. The maximum Gasteiger partial charge on any atom is 0.259 e. The maximum atomic E-state index is 13.4. The van der Waals surface area contributed by atoms with Crippen LogP contribution in [0.4, 0.5) is 5.82 Å². The van der Waals surface area contributed by atoms with Gasteiger partial charge in [-0.3, -0.25) is 9.36 Å². The van der Waals surface area contributed by atoms with E-state index in [2.05, 4.69) is 53.7 Å². The summed E-state index contributed by atoms with van der Waals surface area (Å²) < 4.78 is 35.6. The van der Waals surface area contributed by atoms with Crippen LogP contribution in [0.3, 0.4) is 0 Å². The number of aliphatic hydroxyl groups is 1. The molecular weight excluding hydrogens is 806 g/mol. The number of hydrogen-bond donors (Lipinski definition) is 2. The average Bonchev–Trinajstić information content (AvgIpc) is 3.92. The molecule has 2 aromatic heterocycles. The van der Waals surface area contributed by atoms with Crippen LogP contribution in [0, 0.1) is 11.3 Å². The van der Waals surface area contributed by atoms with Crippen molar-refractivity contribution in [2.24, 2.45) is 0 Å². The molecule has 1 saturated heterocycles. The van der Waals surface area contributed by atoms with E-state index in [1.54, 1.807) is 49.4 Å². The zero-order valence-electron chi connectivity index (χ0n) is 35.7. The van der Waals surface area contributed by atoms with E-state index in [0.717, 1.165) is 16.7 Å². The molecule has 0 saturated carbocycles. The molecule has 1 aliphatic rings. The highest BCUT2D eigenvalue weighted by Gasteiger charge is 2.53. The fraction of sp³-hybridized carbons (Fsp3) is 0.340. The molecule has 3 heterocycles. The lowest BCUT2D eigenvalue weighted by Gasteiger charge is -2.42. The molecule has 0 aliphatic carbocycles. The third-order valence-electron chi connectivity index (χ3n) is 11.0. The molecular formula is C47H52N7O7P. The molecule has 15 heteroatoms. The van der Waals surface area contributed by atoms with Crippen molar-refractivity contribution in [2.45, 2.75) is 82.6 Å². The molecule has 7 rings (SSSR count). The number of carbonyl (C=O) groups is 1. The van der Waals surface area contributed by atoms with Crippen LogP contribution in [-0.4, -0.2) is 86.4 Å². The van der Waals surface area contributed by atoms with Crippen LogP contribution in [0.5, 0.6) is 11.5 Å². The summed E-state index contributed by atoms with van der Waals surface area (Å²) in [5, 5.41) is 25.7. The monoisotopic (exact) mass is 857 g/mol. The minimum Gasteiger partial charge on any atom is -0.497 e. The second-order valence-electron chi connectivity index (χ2n) is 15.4. The van der Waals surface area contributed by atoms with Gasteiger partial charge in [0.05, 0.1) is 57.3 Å². The number of methoxy groups -OCH3 is 2. The molecule has 2 unspecified atom stereocenters. The van der Waals surface area contributed by atoms with Gasteiger partial charge in [0.15, 0.2) is 23.2 Å². The normalized spacial score (nSPS) is 17.6. The first-order chi connectivity index (χ1) is 30.1. The number of aliphatic hydroxyl groups excluding tert-OH is 1. The molecule has 1 aliphatic heterocycles. The summed E-state index contributed by atoms with van der Waals surface area (Å²) in [4.78, 5) is 27.0. The number of nitrogens with one attached hydrogen (secondary N) is 1. The third kappa shape index (κ3) is 9.06. The van der Waals surface area contributed by atoms with Gasteiger partial charge >= 0.3 is 0 Å². The Bertz CT molecular complexity index is 2370. The largest absolute Gasteiger partial charge is 0.497 e. The van der Waals surface area contributed by atoms with E-state index in [1.807, 2.05) is 84.9 Å².